The number of rotatable bonds is 11. The van der Waals surface area contributed by atoms with Crippen LogP contribution in [0, 0.1) is 5.82 Å². The zero-order valence-corrected chi connectivity index (χ0v) is 26.7. The monoisotopic (exact) mass is 612 g/mol. The van der Waals surface area contributed by atoms with Crippen LogP contribution in [0.15, 0.2) is 84.9 Å². The molecule has 1 aromatic heterocycles. The number of carbonyl (C=O) groups is 3. The Morgan fingerprint density at radius 1 is 0.889 bits per heavy atom. The summed E-state index contributed by atoms with van der Waals surface area (Å²) in [5.41, 5.74) is 1.02. The van der Waals surface area contributed by atoms with Gasteiger partial charge in [-0.1, -0.05) is 69.3 Å². The molecule has 4 aromatic rings. The molecule has 45 heavy (non-hydrogen) atoms. The maximum atomic E-state index is 14.3. The van der Waals surface area contributed by atoms with Crippen molar-refractivity contribution in [1.82, 2.24) is 4.57 Å². The highest BCUT2D eigenvalue weighted by molar-refractivity contribution is 6.12. The molecule has 0 saturated heterocycles. The lowest BCUT2D eigenvalue weighted by molar-refractivity contribution is -0.157. The Morgan fingerprint density at radius 3 is 2.00 bits per heavy atom. The van der Waals surface area contributed by atoms with Gasteiger partial charge in [0.15, 0.2) is 0 Å². The molecule has 0 fully saturated rings. The number of aromatic nitrogens is 1. The number of nitrogens with zero attached hydrogens (tertiary/aromatic N) is 1. The van der Waals surface area contributed by atoms with Gasteiger partial charge in [-0.15, -0.1) is 0 Å². The van der Waals surface area contributed by atoms with Gasteiger partial charge in [0.05, 0.1) is 17.7 Å². The van der Waals surface area contributed by atoms with Crippen molar-refractivity contribution in [2.75, 3.05) is 5.32 Å². The van der Waals surface area contributed by atoms with Gasteiger partial charge in [-0.3, -0.25) is 14.4 Å². The largest absolute Gasteiger partial charge is 0.460 e. The molecule has 4 rings (SSSR count). The Balaban J connectivity index is 2.02. The quantitative estimate of drug-likeness (QED) is 0.132. The van der Waals surface area contributed by atoms with Crippen molar-refractivity contribution in [2.45, 2.75) is 78.0 Å². The van der Waals surface area contributed by atoms with Gasteiger partial charge in [0.25, 0.3) is 5.91 Å². The third kappa shape index (κ3) is 7.75. The van der Waals surface area contributed by atoms with Crippen LogP contribution in [0.5, 0.6) is 0 Å². The van der Waals surface area contributed by atoms with Crippen LogP contribution in [0.1, 0.15) is 82.8 Å². The lowest BCUT2D eigenvalue weighted by atomic mass is 9.94. The van der Waals surface area contributed by atoms with Gasteiger partial charge in [-0.05, 0) is 80.6 Å². The lowest BCUT2D eigenvalue weighted by Gasteiger charge is -2.34. The van der Waals surface area contributed by atoms with Crippen molar-refractivity contribution in [2.24, 2.45) is 0 Å². The zero-order valence-electron chi connectivity index (χ0n) is 26.7. The molecule has 0 saturated carbocycles. The van der Waals surface area contributed by atoms with Crippen molar-refractivity contribution < 1.29 is 28.6 Å². The van der Waals surface area contributed by atoms with Crippen LogP contribution in [0.4, 0.5) is 10.1 Å². The summed E-state index contributed by atoms with van der Waals surface area (Å²) in [7, 11) is 0. The molecule has 3 aromatic carbocycles. The van der Waals surface area contributed by atoms with E-state index in [2.05, 4.69) is 5.32 Å². The highest BCUT2D eigenvalue weighted by Crippen LogP contribution is 2.46. The molecule has 0 unspecified atom stereocenters. The molecule has 1 atom stereocenters. The summed E-state index contributed by atoms with van der Waals surface area (Å²) in [5, 5.41) is 15.5. The van der Waals surface area contributed by atoms with Gasteiger partial charge >= 0.3 is 5.97 Å². The van der Waals surface area contributed by atoms with E-state index in [-0.39, 0.29) is 12.3 Å². The molecular weight excluding hydrogens is 571 g/mol. The van der Waals surface area contributed by atoms with E-state index in [4.69, 9.17) is 4.74 Å². The molecule has 0 aliphatic carbocycles. The lowest BCUT2D eigenvalue weighted by Crippen LogP contribution is -2.38. The van der Waals surface area contributed by atoms with Crippen molar-refractivity contribution in [3.63, 3.8) is 0 Å². The molecule has 236 valence electrons. The van der Waals surface area contributed by atoms with Gasteiger partial charge in [0.2, 0.25) is 0 Å². The summed E-state index contributed by atoms with van der Waals surface area (Å²) >= 11 is 0. The van der Waals surface area contributed by atoms with Crippen LogP contribution in [0.2, 0.25) is 0 Å². The van der Waals surface area contributed by atoms with Crippen LogP contribution < -0.4 is 5.32 Å². The zero-order chi connectivity index (χ0) is 32.9. The molecule has 2 N–H and O–H groups in total. The van der Waals surface area contributed by atoms with E-state index in [1.807, 2.05) is 62.4 Å². The van der Waals surface area contributed by atoms with Crippen LogP contribution >= 0.6 is 0 Å². The number of nitrogens with one attached hydrogen (secondary N) is 1. The third-order valence-electron chi connectivity index (χ3n) is 7.42. The fraction of sp³-hybridized carbons (Fsp3) is 0.324. The Kier molecular flexibility index (Phi) is 10.1. The summed E-state index contributed by atoms with van der Waals surface area (Å²) in [6.45, 7) is 10.7. The number of hydrogen-bond donors (Lipinski definition) is 2. The van der Waals surface area contributed by atoms with Crippen LogP contribution in [-0.4, -0.2) is 32.9 Å². The Hall–Kier alpha value is -4.56. The molecular formula is C37H41FN2O5. The van der Waals surface area contributed by atoms with Crippen LogP contribution in [0.3, 0.4) is 0 Å². The summed E-state index contributed by atoms with van der Waals surface area (Å²) in [6.07, 6.45) is -0.862. The molecule has 0 bridgehead atoms. The minimum absolute atomic E-state index is 0.0730. The molecule has 0 aliphatic rings. The van der Waals surface area contributed by atoms with E-state index in [1.54, 1.807) is 56.5 Å². The number of halogens is 1. The fourth-order valence-corrected chi connectivity index (χ4v) is 5.56. The second-order valence-electron chi connectivity index (χ2n) is 12.5. The standard InChI is InChI=1S/C37H41FN2O5/c1-7-37(44,23-29(41)22-30(42)45-36(4,5)6)40-33(24(2)3)32(35(43)39-28-16-12-9-13-17-28)31(25-14-10-8-11-15-25)34(40)26-18-20-27(38)21-19-26/h8-21,24,44H,7,22-23H2,1-6H3,(H,39,43)/t37-/m1/s1. The number of benzene rings is 3. The minimum Gasteiger partial charge on any atom is -0.460 e. The van der Waals surface area contributed by atoms with E-state index in [0.29, 0.717) is 39.3 Å². The van der Waals surface area contributed by atoms with Gasteiger partial charge in [0, 0.05) is 16.9 Å². The molecule has 1 amide bonds. The SMILES string of the molecule is CC[C@@](O)(CC(=O)CC(=O)OC(C)(C)C)n1c(-c2ccc(F)cc2)c(-c2ccccc2)c(C(=O)Nc2ccccc2)c1C(C)C. The van der Waals surface area contributed by atoms with Crippen molar-refractivity contribution in [1.29, 1.82) is 0 Å². The first-order valence-corrected chi connectivity index (χ1v) is 15.2. The second-order valence-corrected chi connectivity index (χ2v) is 12.5. The minimum atomic E-state index is -1.85. The normalized spacial score (nSPS) is 12.9. The summed E-state index contributed by atoms with van der Waals surface area (Å²) < 4.78 is 21.2. The molecule has 1 heterocycles. The maximum Gasteiger partial charge on any atom is 0.313 e. The van der Waals surface area contributed by atoms with Gasteiger partial charge in [-0.2, -0.15) is 0 Å². The topological polar surface area (TPSA) is 97.6 Å². The van der Waals surface area contributed by atoms with Gasteiger partial charge in [0.1, 0.15) is 29.3 Å². The number of carbonyl (C=O) groups excluding carboxylic acids is 3. The molecule has 7 nitrogen and oxygen atoms in total. The number of aliphatic hydroxyl groups is 1. The summed E-state index contributed by atoms with van der Waals surface area (Å²) in [6, 6.07) is 24.2. The first-order chi connectivity index (χ1) is 21.2. The number of ether oxygens (including phenoxy) is 1. The molecule has 0 spiro atoms. The fourth-order valence-electron chi connectivity index (χ4n) is 5.56. The number of anilines is 1. The first kappa shape index (κ1) is 33.3. The van der Waals surface area contributed by atoms with E-state index < -0.39 is 47.6 Å². The van der Waals surface area contributed by atoms with Crippen molar-refractivity contribution in [3.8, 4) is 22.4 Å². The summed E-state index contributed by atoms with van der Waals surface area (Å²) in [4.78, 5) is 40.3. The number of esters is 1. The molecule has 0 aliphatic heterocycles. The van der Waals surface area contributed by atoms with Crippen molar-refractivity contribution in [3.05, 3.63) is 102 Å². The Labute approximate surface area is 264 Å². The van der Waals surface area contributed by atoms with Crippen molar-refractivity contribution >= 4 is 23.3 Å². The average molecular weight is 613 g/mol. The smallest absolute Gasteiger partial charge is 0.313 e. The van der Waals surface area contributed by atoms with E-state index in [9.17, 15) is 23.9 Å². The van der Waals surface area contributed by atoms with Crippen LogP contribution in [0.25, 0.3) is 22.4 Å². The van der Waals surface area contributed by atoms with Gasteiger partial charge in [-0.25, -0.2) is 4.39 Å². The average Bonchev–Trinajstić information content (AvgIpc) is 3.35. The predicted molar refractivity (Wildman–Crippen MR) is 174 cm³/mol. The predicted octanol–water partition coefficient (Wildman–Crippen LogP) is 8.08. The highest BCUT2D eigenvalue weighted by Gasteiger charge is 2.40. The highest BCUT2D eigenvalue weighted by atomic mass is 19.1. The first-order valence-electron chi connectivity index (χ1n) is 15.2. The number of Topliss-reactive ketones (excluding diaryl/α,β-unsaturated/α-hetero) is 1. The molecule has 8 heteroatoms. The Morgan fingerprint density at radius 2 is 1.47 bits per heavy atom. The number of hydrogen-bond acceptors (Lipinski definition) is 5. The maximum absolute atomic E-state index is 14.3. The molecule has 0 radical (unpaired) electrons. The van der Waals surface area contributed by atoms with E-state index >= 15 is 0 Å². The third-order valence-corrected chi connectivity index (χ3v) is 7.42. The number of amides is 1. The van der Waals surface area contributed by atoms with E-state index in [1.165, 1.54) is 12.1 Å². The Bertz CT molecular complexity index is 1660. The number of para-hydroxylation sites is 1. The van der Waals surface area contributed by atoms with Gasteiger partial charge < -0.3 is 19.7 Å². The second kappa shape index (κ2) is 13.6. The van der Waals surface area contributed by atoms with E-state index in [0.717, 1.165) is 0 Å². The number of ketones is 1. The van der Waals surface area contributed by atoms with Crippen LogP contribution in [-0.2, 0) is 20.1 Å². The summed E-state index contributed by atoms with van der Waals surface area (Å²) in [5.74, 6) is -2.35.